The zero-order valence-electron chi connectivity index (χ0n) is 18.2. The number of carboxylic acids is 1. The predicted octanol–water partition coefficient (Wildman–Crippen LogP) is 2.65. The molecule has 33 heavy (non-hydrogen) atoms. The van der Waals surface area contributed by atoms with Crippen molar-refractivity contribution in [2.24, 2.45) is 5.92 Å². The van der Waals surface area contributed by atoms with Gasteiger partial charge in [0.15, 0.2) is 6.10 Å². The first-order valence-corrected chi connectivity index (χ1v) is 11.2. The van der Waals surface area contributed by atoms with Gasteiger partial charge in [0.25, 0.3) is 0 Å². The van der Waals surface area contributed by atoms with Gasteiger partial charge in [0.2, 0.25) is 5.91 Å². The lowest BCUT2D eigenvalue weighted by molar-refractivity contribution is -0.147. The van der Waals surface area contributed by atoms with Crippen molar-refractivity contribution in [2.75, 3.05) is 13.2 Å². The maximum atomic E-state index is 12.6. The van der Waals surface area contributed by atoms with Crippen LogP contribution >= 0.6 is 0 Å². The lowest BCUT2D eigenvalue weighted by Gasteiger charge is -2.19. The molecule has 0 aliphatic heterocycles. The van der Waals surface area contributed by atoms with Gasteiger partial charge in [0.05, 0.1) is 0 Å². The van der Waals surface area contributed by atoms with E-state index in [0.717, 1.165) is 35.1 Å². The number of aliphatic carboxylic acids is 1. The quantitative estimate of drug-likeness (QED) is 0.439. The molecule has 0 heterocycles. The van der Waals surface area contributed by atoms with Crippen molar-refractivity contribution >= 4 is 18.0 Å². The Morgan fingerprint density at radius 1 is 1.00 bits per heavy atom. The minimum Gasteiger partial charge on any atom is -0.479 e. The summed E-state index contributed by atoms with van der Waals surface area (Å²) in [5.74, 6) is -1.44. The summed E-state index contributed by atoms with van der Waals surface area (Å²) in [5, 5.41) is 23.4. The van der Waals surface area contributed by atoms with Crippen LogP contribution in [0.5, 0.6) is 0 Å². The molecule has 4 N–H and O–H groups in total. The van der Waals surface area contributed by atoms with Crippen LogP contribution in [0.3, 0.4) is 0 Å². The van der Waals surface area contributed by atoms with Crippen LogP contribution in [0.1, 0.15) is 42.7 Å². The van der Waals surface area contributed by atoms with Gasteiger partial charge >= 0.3 is 12.1 Å². The molecule has 2 aliphatic rings. The highest BCUT2D eigenvalue weighted by Crippen LogP contribution is 2.44. The minimum absolute atomic E-state index is 0.0357. The topological polar surface area (TPSA) is 125 Å². The van der Waals surface area contributed by atoms with E-state index in [2.05, 4.69) is 34.9 Å². The average Bonchev–Trinajstić information content (AvgIpc) is 3.60. The van der Waals surface area contributed by atoms with Gasteiger partial charge in [-0.15, -0.1) is 0 Å². The van der Waals surface area contributed by atoms with Crippen molar-refractivity contribution in [3.8, 4) is 11.1 Å². The highest BCUT2D eigenvalue weighted by Gasteiger charge is 2.35. The summed E-state index contributed by atoms with van der Waals surface area (Å²) in [7, 11) is 0. The highest BCUT2D eigenvalue weighted by molar-refractivity contribution is 5.80. The van der Waals surface area contributed by atoms with Gasteiger partial charge in [-0.1, -0.05) is 48.5 Å². The largest absolute Gasteiger partial charge is 0.479 e. The van der Waals surface area contributed by atoms with Gasteiger partial charge in [-0.3, -0.25) is 4.79 Å². The molecular weight excluding hydrogens is 424 g/mol. The standard InChI is InChI=1S/C25H28N2O6/c28-22(24(30)31)11-12-26-23(29)13-21(15-9-10-15)27-25(32)33-14-20-18-7-3-1-5-16(18)17-6-2-4-8-19(17)20/h1-8,15,20-22,28H,9-14H2,(H,26,29)(H,27,32)(H,30,31)/t21?,22-/m0/s1. The van der Waals surface area contributed by atoms with E-state index < -0.39 is 18.2 Å². The van der Waals surface area contributed by atoms with Crippen LogP contribution in [0.15, 0.2) is 48.5 Å². The third-order valence-corrected chi connectivity index (χ3v) is 6.27. The molecule has 8 nitrogen and oxygen atoms in total. The molecule has 2 amide bonds. The number of ether oxygens (including phenoxy) is 1. The van der Waals surface area contributed by atoms with E-state index in [4.69, 9.17) is 9.84 Å². The van der Waals surface area contributed by atoms with Crippen molar-refractivity contribution in [2.45, 2.75) is 43.7 Å². The second-order valence-electron chi connectivity index (χ2n) is 8.61. The summed E-state index contributed by atoms with van der Waals surface area (Å²) in [6.07, 6.45) is -0.197. The SMILES string of the molecule is O=C(CC(NC(=O)OCC1c2ccccc2-c2ccccc21)C1CC1)NCC[C@H](O)C(=O)O. The number of hydrogen-bond acceptors (Lipinski definition) is 5. The van der Waals surface area contributed by atoms with E-state index in [1.807, 2.05) is 24.3 Å². The fourth-order valence-corrected chi connectivity index (χ4v) is 4.37. The molecular formula is C25H28N2O6. The molecule has 2 aliphatic carbocycles. The van der Waals surface area contributed by atoms with Crippen LogP contribution in [0, 0.1) is 5.92 Å². The first-order chi connectivity index (χ1) is 15.9. The average molecular weight is 453 g/mol. The molecule has 0 saturated heterocycles. The Labute approximate surface area is 192 Å². The maximum Gasteiger partial charge on any atom is 0.407 e. The number of fused-ring (bicyclic) bond motifs is 3. The number of carboxylic acid groups (broad SMARTS) is 1. The first kappa shape index (κ1) is 22.8. The zero-order valence-corrected chi connectivity index (χ0v) is 18.2. The first-order valence-electron chi connectivity index (χ1n) is 11.2. The Morgan fingerprint density at radius 3 is 2.18 bits per heavy atom. The van der Waals surface area contributed by atoms with Crippen LogP contribution in [0.4, 0.5) is 4.79 Å². The summed E-state index contributed by atoms with van der Waals surface area (Å²) in [6, 6.07) is 15.9. The van der Waals surface area contributed by atoms with E-state index in [1.54, 1.807) is 0 Å². The summed E-state index contributed by atoms with van der Waals surface area (Å²) in [4.78, 5) is 35.4. The molecule has 0 bridgehead atoms. The van der Waals surface area contributed by atoms with Crippen molar-refractivity contribution in [1.82, 2.24) is 10.6 Å². The van der Waals surface area contributed by atoms with Gasteiger partial charge in [0.1, 0.15) is 6.61 Å². The monoisotopic (exact) mass is 452 g/mol. The van der Waals surface area contributed by atoms with Crippen LogP contribution in [0.25, 0.3) is 11.1 Å². The third kappa shape index (κ3) is 5.51. The number of aliphatic hydroxyl groups excluding tert-OH is 1. The fourth-order valence-electron chi connectivity index (χ4n) is 4.37. The molecule has 1 fully saturated rings. The van der Waals surface area contributed by atoms with Crippen molar-refractivity contribution in [3.05, 3.63) is 59.7 Å². The van der Waals surface area contributed by atoms with Crippen LogP contribution in [-0.2, 0) is 14.3 Å². The molecule has 0 aromatic heterocycles. The minimum atomic E-state index is -1.51. The molecule has 1 saturated carbocycles. The summed E-state index contributed by atoms with van der Waals surface area (Å²) in [6.45, 7) is 0.255. The molecule has 0 radical (unpaired) electrons. The van der Waals surface area contributed by atoms with Crippen LogP contribution in [-0.4, -0.2) is 53.5 Å². The van der Waals surface area contributed by atoms with Crippen molar-refractivity contribution in [3.63, 3.8) is 0 Å². The van der Waals surface area contributed by atoms with Crippen LogP contribution in [0.2, 0.25) is 0 Å². The van der Waals surface area contributed by atoms with Gasteiger partial charge in [-0.05, 0) is 41.0 Å². The Balaban J connectivity index is 1.30. The van der Waals surface area contributed by atoms with Gasteiger partial charge in [-0.2, -0.15) is 0 Å². The Kier molecular flexibility index (Phi) is 6.93. The van der Waals surface area contributed by atoms with E-state index in [0.29, 0.717) is 0 Å². The number of carbonyl (C=O) groups is 3. The highest BCUT2D eigenvalue weighted by atomic mass is 16.5. The summed E-state index contributed by atoms with van der Waals surface area (Å²) >= 11 is 0. The molecule has 2 aromatic carbocycles. The normalized spacial score (nSPS) is 16.3. The zero-order chi connectivity index (χ0) is 23.4. The second-order valence-corrected chi connectivity index (χ2v) is 8.61. The number of rotatable bonds is 10. The Morgan fingerprint density at radius 2 is 1.61 bits per heavy atom. The molecule has 2 atom stereocenters. The molecule has 8 heteroatoms. The van der Waals surface area contributed by atoms with Crippen molar-refractivity contribution < 1.29 is 29.3 Å². The smallest absolute Gasteiger partial charge is 0.407 e. The molecule has 174 valence electrons. The number of carbonyl (C=O) groups excluding carboxylic acids is 2. The van der Waals surface area contributed by atoms with E-state index in [1.165, 1.54) is 0 Å². The predicted molar refractivity (Wildman–Crippen MR) is 121 cm³/mol. The van der Waals surface area contributed by atoms with Gasteiger partial charge in [0, 0.05) is 31.3 Å². The van der Waals surface area contributed by atoms with Gasteiger partial charge in [-0.25, -0.2) is 9.59 Å². The molecule has 4 rings (SSSR count). The number of alkyl carbamates (subject to hydrolysis) is 1. The number of hydrogen-bond donors (Lipinski definition) is 4. The van der Waals surface area contributed by atoms with Crippen LogP contribution < -0.4 is 10.6 Å². The number of amides is 2. The summed E-state index contributed by atoms with van der Waals surface area (Å²) in [5.41, 5.74) is 4.58. The Hall–Kier alpha value is -3.39. The lowest BCUT2D eigenvalue weighted by Crippen LogP contribution is -2.41. The van der Waals surface area contributed by atoms with Gasteiger partial charge < -0.3 is 25.6 Å². The number of aliphatic hydroxyl groups is 1. The van der Waals surface area contributed by atoms with E-state index in [9.17, 15) is 19.5 Å². The number of benzene rings is 2. The summed E-state index contributed by atoms with van der Waals surface area (Å²) < 4.78 is 5.59. The lowest BCUT2D eigenvalue weighted by atomic mass is 9.98. The van der Waals surface area contributed by atoms with Crippen molar-refractivity contribution in [1.29, 1.82) is 0 Å². The molecule has 1 unspecified atom stereocenters. The second kappa shape index (κ2) is 10.0. The molecule has 0 spiro atoms. The van der Waals surface area contributed by atoms with E-state index in [-0.39, 0.29) is 49.8 Å². The third-order valence-electron chi connectivity index (χ3n) is 6.27. The maximum absolute atomic E-state index is 12.6. The Bertz CT molecular complexity index is 990. The fraction of sp³-hybridized carbons (Fsp3) is 0.400. The van der Waals surface area contributed by atoms with E-state index >= 15 is 0 Å². The molecule has 2 aromatic rings. The number of nitrogens with one attached hydrogen (secondary N) is 2.